The Hall–Kier alpha value is -2.93. The first-order valence-corrected chi connectivity index (χ1v) is 9.54. The second kappa shape index (κ2) is 7.24. The van der Waals surface area contributed by atoms with E-state index in [9.17, 15) is 30.8 Å². The normalized spacial score (nSPS) is 12.0. The van der Waals surface area contributed by atoms with Gasteiger partial charge < -0.3 is 0 Å². The molecule has 3 aromatic rings. The lowest BCUT2D eigenvalue weighted by Gasteiger charge is -2.09. The molecule has 3 heterocycles. The maximum atomic E-state index is 13.3. The summed E-state index contributed by atoms with van der Waals surface area (Å²) < 4.78 is 73.4. The number of alkyl halides is 3. The van der Waals surface area contributed by atoms with Crippen LogP contribution in [-0.4, -0.2) is 34.8 Å². The number of halogens is 4. The molecule has 1 amide bonds. The van der Waals surface area contributed by atoms with Crippen molar-refractivity contribution in [2.45, 2.75) is 5.51 Å². The largest absolute Gasteiger partial charge is 0.516 e. The number of rotatable bonds is 4. The van der Waals surface area contributed by atoms with Crippen molar-refractivity contribution in [3.63, 3.8) is 0 Å². The summed E-state index contributed by atoms with van der Waals surface area (Å²) in [5, 5.41) is 0.401. The fourth-order valence-corrected chi connectivity index (χ4v) is 3.32. The van der Waals surface area contributed by atoms with Crippen molar-refractivity contribution >= 4 is 27.3 Å². The van der Waals surface area contributed by atoms with Gasteiger partial charge in [0.05, 0.1) is 16.8 Å². The fourth-order valence-electron chi connectivity index (χ4n) is 1.99. The Labute approximate surface area is 159 Å². The van der Waals surface area contributed by atoms with E-state index in [1.165, 1.54) is 30.6 Å². The van der Waals surface area contributed by atoms with Gasteiger partial charge in [-0.05, 0) is 18.2 Å². The number of nitrogens with one attached hydrogen (secondary N) is 1. The Morgan fingerprint density at radius 3 is 2.57 bits per heavy atom. The molecule has 13 heteroatoms. The Balaban J connectivity index is 1.87. The van der Waals surface area contributed by atoms with Gasteiger partial charge in [-0.15, -0.1) is 11.3 Å². The summed E-state index contributed by atoms with van der Waals surface area (Å²) in [5.74, 6) is -2.09. The summed E-state index contributed by atoms with van der Waals surface area (Å²) >= 11 is 1.08. The Morgan fingerprint density at radius 1 is 1.14 bits per heavy atom. The van der Waals surface area contributed by atoms with E-state index in [1.54, 1.807) is 0 Å². The molecule has 0 fully saturated rings. The predicted octanol–water partition coefficient (Wildman–Crippen LogP) is 2.99. The van der Waals surface area contributed by atoms with Gasteiger partial charge >= 0.3 is 15.5 Å². The van der Waals surface area contributed by atoms with Gasteiger partial charge in [-0.25, -0.2) is 19.1 Å². The first-order chi connectivity index (χ1) is 13.1. The smallest absolute Gasteiger partial charge is 0.266 e. The van der Waals surface area contributed by atoms with Crippen molar-refractivity contribution in [2.24, 2.45) is 0 Å². The molecule has 7 nitrogen and oxygen atoms in total. The molecule has 0 unspecified atom stereocenters. The Morgan fingerprint density at radius 2 is 1.89 bits per heavy atom. The molecule has 3 aromatic heterocycles. The van der Waals surface area contributed by atoms with E-state index in [1.807, 2.05) is 0 Å². The van der Waals surface area contributed by atoms with Crippen molar-refractivity contribution in [2.75, 3.05) is 0 Å². The molecule has 1 N–H and O–H groups in total. The summed E-state index contributed by atoms with van der Waals surface area (Å²) in [6.07, 6.45) is 3.79. The summed E-state index contributed by atoms with van der Waals surface area (Å²) in [5.41, 5.74) is -5.59. The van der Waals surface area contributed by atoms with E-state index >= 15 is 0 Å². The summed E-state index contributed by atoms with van der Waals surface area (Å²) in [6, 6.07) is 5.05. The Bertz CT molecular complexity index is 1150. The number of hydrogen-bond acceptors (Lipinski definition) is 7. The van der Waals surface area contributed by atoms with E-state index in [0.29, 0.717) is 15.4 Å². The van der Waals surface area contributed by atoms with Crippen LogP contribution in [-0.2, 0) is 10.0 Å². The van der Waals surface area contributed by atoms with Crippen LogP contribution in [0, 0.1) is 5.82 Å². The highest BCUT2D eigenvalue weighted by molar-refractivity contribution is 7.90. The number of sulfonamides is 1. The van der Waals surface area contributed by atoms with Crippen LogP contribution in [0.3, 0.4) is 0 Å². The number of aromatic nitrogens is 3. The van der Waals surface area contributed by atoms with E-state index < -0.39 is 32.9 Å². The minimum atomic E-state index is -5.85. The third-order valence-electron chi connectivity index (χ3n) is 3.22. The average Bonchev–Trinajstić information content (AvgIpc) is 3.11. The molecule has 0 aliphatic carbocycles. The second-order valence-electron chi connectivity index (χ2n) is 5.21. The van der Waals surface area contributed by atoms with Crippen LogP contribution in [0.4, 0.5) is 17.6 Å². The maximum Gasteiger partial charge on any atom is 0.516 e. The van der Waals surface area contributed by atoms with Crippen molar-refractivity contribution in [1.29, 1.82) is 0 Å². The van der Waals surface area contributed by atoms with Crippen LogP contribution in [0.25, 0.3) is 21.1 Å². The highest BCUT2D eigenvalue weighted by Gasteiger charge is 2.47. The number of carbonyl (C=O) groups is 1. The summed E-state index contributed by atoms with van der Waals surface area (Å²) in [7, 11) is -5.85. The molecule has 0 spiro atoms. The minimum absolute atomic E-state index is 0.171. The standard InChI is InChI=1S/C15H8F4N4O3S2/c16-9-4-8(5-20-6-9)14-21-7-12(27-14)10-2-1-3-11(22-10)13(24)23-28(25,26)15(17,18)19/h1-7H,(H,23,24). The third kappa shape index (κ3) is 4.14. The lowest BCUT2D eigenvalue weighted by atomic mass is 10.2. The van der Waals surface area contributed by atoms with E-state index in [2.05, 4.69) is 15.0 Å². The molecule has 0 aromatic carbocycles. The van der Waals surface area contributed by atoms with Crippen LogP contribution in [0.5, 0.6) is 0 Å². The predicted molar refractivity (Wildman–Crippen MR) is 91.0 cm³/mol. The van der Waals surface area contributed by atoms with Crippen LogP contribution in [0.15, 0.2) is 42.9 Å². The lowest BCUT2D eigenvalue weighted by molar-refractivity contribution is -0.0446. The van der Waals surface area contributed by atoms with E-state index in [0.717, 1.165) is 28.3 Å². The highest BCUT2D eigenvalue weighted by Crippen LogP contribution is 2.31. The number of amides is 1. The maximum absolute atomic E-state index is 13.3. The molecular weight excluding hydrogens is 424 g/mol. The molecule has 0 bridgehead atoms. The number of thiazole rings is 1. The Kier molecular flexibility index (Phi) is 5.12. The topological polar surface area (TPSA) is 102 Å². The molecule has 0 saturated carbocycles. The van der Waals surface area contributed by atoms with Crippen molar-refractivity contribution in [3.8, 4) is 21.1 Å². The van der Waals surface area contributed by atoms with Gasteiger partial charge in [0.25, 0.3) is 5.91 Å². The molecule has 0 aliphatic heterocycles. The summed E-state index contributed by atoms with van der Waals surface area (Å²) in [6.45, 7) is 0. The first kappa shape index (κ1) is 19.8. The van der Waals surface area contributed by atoms with Crippen LogP contribution >= 0.6 is 11.3 Å². The van der Waals surface area contributed by atoms with E-state index in [-0.39, 0.29) is 5.69 Å². The van der Waals surface area contributed by atoms with Gasteiger partial charge in [-0.2, -0.15) is 21.6 Å². The molecule has 0 aliphatic rings. The molecule has 146 valence electrons. The molecule has 28 heavy (non-hydrogen) atoms. The van der Waals surface area contributed by atoms with Crippen LogP contribution in [0.2, 0.25) is 0 Å². The zero-order valence-corrected chi connectivity index (χ0v) is 15.1. The monoisotopic (exact) mass is 432 g/mol. The van der Waals surface area contributed by atoms with Crippen LogP contribution in [0.1, 0.15) is 10.5 Å². The van der Waals surface area contributed by atoms with Gasteiger partial charge in [0, 0.05) is 18.0 Å². The quantitative estimate of drug-likeness (QED) is 0.636. The van der Waals surface area contributed by atoms with E-state index in [4.69, 9.17) is 0 Å². The van der Waals surface area contributed by atoms with Gasteiger partial charge in [0.15, 0.2) is 0 Å². The molecule has 0 saturated heterocycles. The van der Waals surface area contributed by atoms with Crippen molar-refractivity contribution in [3.05, 3.63) is 54.4 Å². The minimum Gasteiger partial charge on any atom is -0.266 e. The molecule has 3 rings (SSSR count). The highest BCUT2D eigenvalue weighted by atomic mass is 32.2. The third-order valence-corrected chi connectivity index (χ3v) is 5.36. The van der Waals surface area contributed by atoms with Gasteiger partial charge in [0.2, 0.25) is 0 Å². The number of hydrogen-bond donors (Lipinski definition) is 1. The van der Waals surface area contributed by atoms with Crippen molar-refractivity contribution < 1.29 is 30.8 Å². The fraction of sp³-hybridized carbons (Fsp3) is 0.0667. The number of carbonyl (C=O) groups excluding carboxylic acids is 1. The number of nitrogens with zero attached hydrogens (tertiary/aromatic N) is 3. The second-order valence-corrected chi connectivity index (χ2v) is 7.91. The molecule has 0 atom stereocenters. The zero-order chi connectivity index (χ0) is 20.5. The zero-order valence-electron chi connectivity index (χ0n) is 13.4. The van der Waals surface area contributed by atoms with Crippen molar-refractivity contribution in [1.82, 2.24) is 19.7 Å². The first-order valence-electron chi connectivity index (χ1n) is 7.24. The van der Waals surface area contributed by atoms with Crippen LogP contribution < -0.4 is 4.72 Å². The molecule has 0 radical (unpaired) electrons. The average molecular weight is 432 g/mol. The van der Waals surface area contributed by atoms with Gasteiger partial charge in [-0.3, -0.25) is 9.78 Å². The number of pyridine rings is 2. The van der Waals surface area contributed by atoms with Gasteiger partial charge in [0.1, 0.15) is 16.5 Å². The summed E-state index contributed by atoms with van der Waals surface area (Å²) in [4.78, 5) is 23.9. The SMILES string of the molecule is O=C(NS(=O)(=O)C(F)(F)F)c1cccc(-c2cnc(-c3cncc(F)c3)s2)n1. The lowest BCUT2D eigenvalue weighted by Crippen LogP contribution is -2.40. The van der Waals surface area contributed by atoms with Gasteiger partial charge in [-0.1, -0.05) is 6.07 Å². The molecular formula is C15H8F4N4O3S2.